The lowest BCUT2D eigenvalue weighted by atomic mass is 10.0. The highest BCUT2D eigenvalue weighted by Crippen LogP contribution is 2.33. The van der Waals surface area contributed by atoms with Crippen LogP contribution in [0.4, 0.5) is 0 Å². The number of hydrogen-bond donors (Lipinski definition) is 2. The van der Waals surface area contributed by atoms with Crippen LogP contribution in [0, 0.1) is 5.92 Å². The summed E-state index contributed by atoms with van der Waals surface area (Å²) < 4.78 is 24.1. The van der Waals surface area contributed by atoms with Crippen molar-refractivity contribution in [2.24, 2.45) is 5.92 Å². The molecule has 0 spiro atoms. The second-order valence-corrected chi connectivity index (χ2v) is 7.55. The Morgan fingerprint density at radius 3 is 2.68 bits per heavy atom. The lowest BCUT2D eigenvalue weighted by molar-refractivity contribution is 0.216. The average Bonchev–Trinajstić information content (AvgIpc) is 2.60. The summed E-state index contributed by atoms with van der Waals surface area (Å²) in [5.41, 5.74) is 0.824. The maximum absolute atomic E-state index is 12.1. The first-order valence-electron chi connectivity index (χ1n) is 6.62. The van der Waals surface area contributed by atoms with Crippen molar-refractivity contribution in [3.8, 4) is 0 Å². The second-order valence-electron chi connectivity index (χ2n) is 5.55. The van der Waals surface area contributed by atoms with E-state index in [1.807, 2.05) is 12.1 Å². The Labute approximate surface area is 114 Å². The van der Waals surface area contributed by atoms with Crippen molar-refractivity contribution in [3.05, 3.63) is 29.8 Å². The number of fused-ring (bicyclic) bond motifs is 1. The van der Waals surface area contributed by atoms with Crippen LogP contribution >= 0.6 is 0 Å². The molecule has 1 aliphatic heterocycles. The van der Waals surface area contributed by atoms with Gasteiger partial charge in [0.1, 0.15) is 0 Å². The van der Waals surface area contributed by atoms with Gasteiger partial charge >= 0.3 is 0 Å². The van der Waals surface area contributed by atoms with E-state index < -0.39 is 9.84 Å². The van der Waals surface area contributed by atoms with Gasteiger partial charge in [-0.1, -0.05) is 32.0 Å². The molecule has 0 saturated heterocycles. The Morgan fingerprint density at radius 1 is 1.37 bits per heavy atom. The molecule has 1 heterocycles. The minimum absolute atomic E-state index is 0.0247. The summed E-state index contributed by atoms with van der Waals surface area (Å²) in [7, 11) is -3.18. The minimum Gasteiger partial charge on any atom is -0.395 e. The van der Waals surface area contributed by atoms with Crippen LogP contribution in [0.25, 0.3) is 0 Å². The molecule has 0 aromatic heterocycles. The Bertz CT molecular complexity index is 539. The first kappa shape index (κ1) is 14.5. The third-order valence-corrected chi connectivity index (χ3v) is 5.24. The van der Waals surface area contributed by atoms with Gasteiger partial charge in [0.2, 0.25) is 0 Å². The molecule has 19 heavy (non-hydrogen) atoms. The molecule has 0 aliphatic carbocycles. The van der Waals surface area contributed by atoms with E-state index in [1.54, 1.807) is 12.1 Å². The maximum atomic E-state index is 12.1. The van der Waals surface area contributed by atoms with Crippen LogP contribution in [0.1, 0.15) is 31.9 Å². The zero-order valence-electron chi connectivity index (χ0n) is 11.3. The monoisotopic (exact) mass is 283 g/mol. The van der Waals surface area contributed by atoms with Gasteiger partial charge in [-0.3, -0.25) is 0 Å². The van der Waals surface area contributed by atoms with E-state index >= 15 is 0 Å². The van der Waals surface area contributed by atoms with Crippen molar-refractivity contribution in [2.75, 3.05) is 12.4 Å². The molecule has 0 saturated carbocycles. The predicted molar refractivity (Wildman–Crippen MR) is 74.7 cm³/mol. The molecule has 5 heteroatoms. The van der Waals surface area contributed by atoms with Gasteiger partial charge in [-0.2, -0.15) is 0 Å². The van der Waals surface area contributed by atoms with Gasteiger partial charge < -0.3 is 10.4 Å². The molecule has 1 aromatic carbocycles. The summed E-state index contributed by atoms with van der Waals surface area (Å²) in [6.07, 6.45) is 0.829. The molecule has 0 bridgehead atoms. The lowest BCUT2D eigenvalue weighted by Gasteiger charge is -2.22. The lowest BCUT2D eigenvalue weighted by Crippen LogP contribution is -2.37. The van der Waals surface area contributed by atoms with E-state index in [-0.39, 0.29) is 24.4 Å². The van der Waals surface area contributed by atoms with Gasteiger partial charge in [-0.25, -0.2) is 8.42 Å². The van der Waals surface area contributed by atoms with Gasteiger partial charge in [0.05, 0.1) is 17.3 Å². The summed E-state index contributed by atoms with van der Waals surface area (Å²) in [5.74, 6) is 0.541. The summed E-state index contributed by atoms with van der Waals surface area (Å²) in [6.45, 7) is 4.20. The molecule has 0 radical (unpaired) electrons. The second kappa shape index (κ2) is 5.61. The Hall–Kier alpha value is -0.910. The van der Waals surface area contributed by atoms with E-state index in [0.29, 0.717) is 10.8 Å². The first-order chi connectivity index (χ1) is 8.94. The van der Waals surface area contributed by atoms with Crippen LogP contribution in [0.2, 0.25) is 0 Å². The van der Waals surface area contributed by atoms with Gasteiger partial charge in [-0.15, -0.1) is 0 Å². The fourth-order valence-corrected chi connectivity index (χ4v) is 4.39. The Morgan fingerprint density at radius 2 is 2.05 bits per heavy atom. The Balaban J connectivity index is 2.19. The maximum Gasteiger partial charge on any atom is 0.180 e. The molecular formula is C14H21NO3S. The molecule has 0 fully saturated rings. The minimum atomic E-state index is -3.18. The van der Waals surface area contributed by atoms with Crippen molar-refractivity contribution in [1.82, 2.24) is 5.32 Å². The molecule has 2 atom stereocenters. The van der Waals surface area contributed by atoms with Crippen LogP contribution in [-0.4, -0.2) is 31.9 Å². The van der Waals surface area contributed by atoms with Gasteiger partial charge in [0.25, 0.3) is 0 Å². The molecule has 2 N–H and O–H groups in total. The average molecular weight is 283 g/mol. The zero-order chi connectivity index (χ0) is 14.0. The van der Waals surface area contributed by atoms with E-state index in [0.717, 1.165) is 12.0 Å². The quantitative estimate of drug-likeness (QED) is 0.859. The fraction of sp³-hybridized carbons (Fsp3) is 0.571. The van der Waals surface area contributed by atoms with Crippen molar-refractivity contribution in [1.29, 1.82) is 0 Å². The SMILES string of the molecule is CC(C)CC(CO)NC1CS(=O)(=O)c2ccccc21. The number of hydrogen-bond acceptors (Lipinski definition) is 4. The number of aliphatic hydroxyl groups excluding tert-OH is 1. The van der Waals surface area contributed by atoms with Crippen LogP contribution in [0.5, 0.6) is 0 Å². The van der Waals surface area contributed by atoms with Crippen LogP contribution in [0.15, 0.2) is 29.2 Å². The highest BCUT2D eigenvalue weighted by molar-refractivity contribution is 7.91. The third-order valence-electron chi connectivity index (χ3n) is 3.43. The smallest absolute Gasteiger partial charge is 0.180 e. The number of sulfone groups is 1. The molecule has 106 valence electrons. The molecule has 1 aliphatic rings. The molecule has 2 unspecified atom stereocenters. The summed E-state index contributed by atoms with van der Waals surface area (Å²) in [5, 5.41) is 12.7. The van der Waals surface area contributed by atoms with Crippen LogP contribution in [-0.2, 0) is 9.84 Å². The van der Waals surface area contributed by atoms with Crippen molar-refractivity contribution >= 4 is 9.84 Å². The largest absolute Gasteiger partial charge is 0.395 e. The number of benzene rings is 1. The molecule has 2 rings (SSSR count). The van der Waals surface area contributed by atoms with Crippen LogP contribution in [0.3, 0.4) is 0 Å². The fourth-order valence-electron chi connectivity index (χ4n) is 2.64. The molecule has 4 nitrogen and oxygen atoms in total. The standard InChI is InChI=1S/C14H21NO3S/c1-10(2)7-11(8-16)15-13-9-19(17,18)14-6-4-3-5-12(13)14/h3-6,10-11,13,15-16H,7-9H2,1-2H3. The van der Waals surface area contributed by atoms with Crippen LogP contribution < -0.4 is 5.32 Å². The third kappa shape index (κ3) is 3.16. The van der Waals surface area contributed by atoms with E-state index in [1.165, 1.54) is 0 Å². The Kier molecular flexibility index (Phi) is 4.28. The van der Waals surface area contributed by atoms with Gasteiger partial charge in [0, 0.05) is 12.1 Å². The van der Waals surface area contributed by atoms with Crippen molar-refractivity contribution in [3.63, 3.8) is 0 Å². The molecular weight excluding hydrogens is 262 g/mol. The van der Waals surface area contributed by atoms with Gasteiger partial charge in [-0.05, 0) is 24.0 Å². The highest BCUT2D eigenvalue weighted by Gasteiger charge is 2.35. The molecule has 1 aromatic rings. The topological polar surface area (TPSA) is 66.4 Å². The summed E-state index contributed by atoms with van der Waals surface area (Å²) >= 11 is 0. The van der Waals surface area contributed by atoms with Crippen molar-refractivity contribution in [2.45, 2.75) is 37.2 Å². The number of nitrogens with one attached hydrogen (secondary N) is 1. The highest BCUT2D eigenvalue weighted by atomic mass is 32.2. The van der Waals surface area contributed by atoms with E-state index in [4.69, 9.17) is 0 Å². The normalized spacial score (nSPS) is 22.4. The predicted octanol–water partition coefficient (Wildman–Crippen LogP) is 1.51. The summed E-state index contributed by atoms with van der Waals surface area (Å²) in [6, 6.07) is 6.83. The number of aliphatic hydroxyl groups is 1. The summed E-state index contributed by atoms with van der Waals surface area (Å²) in [4.78, 5) is 0.425. The number of rotatable bonds is 5. The first-order valence-corrected chi connectivity index (χ1v) is 8.28. The molecule has 0 amide bonds. The van der Waals surface area contributed by atoms with Gasteiger partial charge in [0.15, 0.2) is 9.84 Å². The van der Waals surface area contributed by atoms with Crippen molar-refractivity contribution < 1.29 is 13.5 Å². The zero-order valence-corrected chi connectivity index (χ0v) is 12.2. The van der Waals surface area contributed by atoms with E-state index in [9.17, 15) is 13.5 Å². The van der Waals surface area contributed by atoms with E-state index in [2.05, 4.69) is 19.2 Å².